The highest BCUT2D eigenvalue weighted by Gasteiger charge is 2.81. The largest absolute Gasteiger partial charge is 0.454 e. The van der Waals surface area contributed by atoms with Gasteiger partial charge in [-0.25, -0.2) is 13.6 Å². The molecule has 10 atom stereocenters. The Morgan fingerprint density at radius 2 is 1.96 bits per heavy atom. The van der Waals surface area contributed by atoms with Gasteiger partial charge >= 0.3 is 5.97 Å². The molecule has 0 bridgehead atoms. The normalized spacial score (nSPS) is 37.7. The first-order valence-electron chi connectivity index (χ1n) is 18.4. The molecule has 2 N–H and O–H groups in total. The van der Waals surface area contributed by atoms with E-state index in [0.29, 0.717) is 42.0 Å². The number of amides is 1. The maximum Gasteiger partial charge on any atom is 0.338 e. The molecule has 1 spiro atoms. The van der Waals surface area contributed by atoms with Crippen LogP contribution in [0.1, 0.15) is 67.8 Å². The maximum absolute atomic E-state index is 17.6. The number of halogens is 2. The highest BCUT2D eigenvalue weighted by Crippen LogP contribution is 2.74. The third-order valence-corrected chi connectivity index (χ3v) is 13.9. The number of fused-ring (bicyclic) bond motifs is 5. The molecular weight excluding hydrogens is 682 g/mol. The molecule has 5 aliphatic carbocycles. The number of ether oxygens (including phenoxy) is 2. The van der Waals surface area contributed by atoms with Crippen molar-refractivity contribution in [3.63, 3.8) is 0 Å². The van der Waals surface area contributed by atoms with E-state index in [9.17, 15) is 24.3 Å². The zero-order valence-corrected chi connectivity index (χ0v) is 29.4. The smallest absolute Gasteiger partial charge is 0.338 e. The predicted molar refractivity (Wildman–Crippen MR) is 189 cm³/mol. The van der Waals surface area contributed by atoms with E-state index in [2.05, 4.69) is 10.3 Å². The molecule has 1 aromatic heterocycles. The fourth-order valence-electron chi connectivity index (χ4n) is 11.2. The summed E-state index contributed by atoms with van der Waals surface area (Å²) in [7, 11) is 0. The minimum absolute atomic E-state index is 0.0303. The lowest BCUT2D eigenvalue weighted by molar-refractivity contribution is -0.309. The number of rotatable bonds is 7. The Morgan fingerprint density at radius 3 is 2.75 bits per heavy atom. The number of nitrogens with one attached hydrogen (secondary N) is 1. The van der Waals surface area contributed by atoms with E-state index in [1.54, 1.807) is 49.5 Å². The van der Waals surface area contributed by atoms with Crippen molar-refractivity contribution >= 4 is 39.9 Å². The van der Waals surface area contributed by atoms with Crippen molar-refractivity contribution in [2.24, 2.45) is 34.5 Å². The molecule has 53 heavy (non-hydrogen) atoms. The third-order valence-electron chi connectivity index (χ3n) is 13.9. The number of alkyl halides is 1. The van der Waals surface area contributed by atoms with E-state index < -0.39 is 64.2 Å². The average Bonchev–Trinajstić information content (AvgIpc) is 3.93. The number of hydrogen-bond donors (Lipinski definition) is 2. The molecule has 4 saturated carbocycles. The second kappa shape index (κ2) is 11.7. The van der Waals surface area contributed by atoms with Crippen molar-refractivity contribution in [2.75, 3.05) is 18.5 Å². The van der Waals surface area contributed by atoms with Gasteiger partial charge in [0.15, 0.2) is 23.9 Å². The Kier molecular flexibility index (Phi) is 7.54. The third kappa shape index (κ3) is 4.62. The summed E-state index contributed by atoms with van der Waals surface area (Å²) in [4.78, 5) is 56.7. The highest BCUT2D eigenvalue weighted by molar-refractivity contribution is 6.01. The first-order chi connectivity index (χ1) is 25.3. The van der Waals surface area contributed by atoms with Crippen LogP contribution in [0.5, 0.6) is 0 Å². The minimum Gasteiger partial charge on any atom is -0.454 e. The number of pyridine rings is 1. The van der Waals surface area contributed by atoms with Crippen LogP contribution in [0.3, 0.4) is 0 Å². The van der Waals surface area contributed by atoms with E-state index in [-0.39, 0.29) is 53.7 Å². The number of Topliss-reactive ketones (excluding diaryl/α,β-unsaturated/α-hetero) is 1. The van der Waals surface area contributed by atoms with Gasteiger partial charge in [-0.3, -0.25) is 19.4 Å². The summed E-state index contributed by atoms with van der Waals surface area (Å²) >= 11 is 0. The van der Waals surface area contributed by atoms with Crippen molar-refractivity contribution in [2.45, 2.75) is 69.2 Å². The van der Waals surface area contributed by atoms with Crippen LogP contribution in [0.2, 0.25) is 0 Å². The minimum atomic E-state index is -2.01. The molecule has 1 aliphatic heterocycles. The van der Waals surface area contributed by atoms with Crippen LogP contribution in [-0.4, -0.2) is 64.1 Å². The Morgan fingerprint density at radius 1 is 1.13 bits per heavy atom. The number of esters is 1. The zero-order chi connectivity index (χ0) is 37.1. The summed E-state index contributed by atoms with van der Waals surface area (Å²) in [5.41, 5.74) is -3.48. The van der Waals surface area contributed by atoms with Gasteiger partial charge in [0, 0.05) is 45.8 Å². The van der Waals surface area contributed by atoms with Crippen molar-refractivity contribution in [1.82, 2.24) is 4.98 Å². The molecule has 3 aromatic rings. The quantitative estimate of drug-likeness (QED) is 0.276. The topological polar surface area (TPSA) is 132 Å². The van der Waals surface area contributed by atoms with Crippen molar-refractivity contribution < 1.29 is 42.5 Å². The van der Waals surface area contributed by atoms with Gasteiger partial charge in [-0.2, -0.15) is 0 Å². The molecule has 9 nitrogen and oxygen atoms in total. The van der Waals surface area contributed by atoms with Gasteiger partial charge in [0.1, 0.15) is 5.60 Å². The molecule has 0 unspecified atom stereocenters. The van der Waals surface area contributed by atoms with E-state index in [1.807, 2.05) is 13.0 Å². The summed E-state index contributed by atoms with van der Waals surface area (Å²) in [5, 5.41) is 15.4. The molecule has 2 aromatic carbocycles. The molecule has 1 amide bonds. The first-order valence-corrected chi connectivity index (χ1v) is 18.4. The van der Waals surface area contributed by atoms with Crippen molar-refractivity contribution in [3.8, 4) is 0 Å². The number of ketones is 2. The highest BCUT2D eigenvalue weighted by atomic mass is 19.1. The van der Waals surface area contributed by atoms with Gasteiger partial charge in [-0.15, -0.1) is 0 Å². The van der Waals surface area contributed by atoms with E-state index in [1.165, 1.54) is 24.4 Å². The summed E-state index contributed by atoms with van der Waals surface area (Å²) in [5.74, 6) is -3.78. The first kappa shape index (κ1) is 34.2. The maximum atomic E-state index is 17.6. The number of aliphatic hydroxyl groups excluding tert-OH is 1. The van der Waals surface area contributed by atoms with E-state index in [0.717, 1.165) is 5.56 Å². The Bertz CT molecular complexity index is 2190. The second-order valence-electron chi connectivity index (χ2n) is 16.3. The van der Waals surface area contributed by atoms with Crippen LogP contribution in [-0.2, 0) is 23.9 Å². The SMILES string of the molecule is C[C@@H]1C[C@H]2[C@@H]3CCC4=CC(=O)C=C[C@]4(C)[C@@]3(F)[C@@H](O)C[C@@]23CO[C@]13C(=O)COC(=O)c1cccc([C@@H]2C[C@H]2C(=O)Nc2ccc3cnccc3c2F)c1. The van der Waals surface area contributed by atoms with Gasteiger partial charge in [-0.1, -0.05) is 36.8 Å². The van der Waals surface area contributed by atoms with Crippen LogP contribution in [0.25, 0.3) is 10.8 Å². The number of anilines is 1. The molecule has 11 heteroatoms. The van der Waals surface area contributed by atoms with Crippen LogP contribution in [0.15, 0.2) is 78.7 Å². The summed E-state index contributed by atoms with van der Waals surface area (Å²) in [6.07, 6.45) is 8.24. The zero-order valence-electron chi connectivity index (χ0n) is 29.4. The Balaban J connectivity index is 0.874. The number of carbonyl (C=O) groups excluding carboxylic acids is 4. The lowest BCUT2D eigenvalue weighted by Crippen LogP contribution is -2.76. The van der Waals surface area contributed by atoms with Crippen LogP contribution < -0.4 is 5.32 Å². The Hall–Kier alpha value is -4.61. The number of allylic oxidation sites excluding steroid dienone is 4. The monoisotopic (exact) mass is 722 g/mol. The second-order valence-corrected chi connectivity index (χ2v) is 16.3. The Labute approximate surface area is 304 Å². The fraction of sp³-hybridized carbons (Fsp3) is 0.452. The molecule has 9 rings (SSSR count). The average molecular weight is 723 g/mol. The summed E-state index contributed by atoms with van der Waals surface area (Å²) in [6.45, 7) is 3.35. The van der Waals surface area contributed by atoms with Crippen LogP contribution in [0.4, 0.5) is 14.5 Å². The van der Waals surface area contributed by atoms with E-state index >= 15 is 8.78 Å². The molecular formula is C42H40F2N2O7. The molecule has 6 aliphatic rings. The fourth-order valence-corrected chi connectivity index (χ4v) is 11.2. The number of aliphatic hydroxyl groups is 1. The number of hydrogen-bond acceptors (Lipinski definition) is 8. The van der Waals surface area contributed by atoms with Gasteiger partial charge in [0.2, 0.25) is 11.7 Å². The van der Waals surface area contributed by atoms with Crippen LogP contribution >= 0.6 is 0 Å². The molecule has 2 heterocycles. The number of nitrogens with zero attached hydrogens (tertiary/aromatic N) is 1. The number of benzene rings is 2. The molecule has 0 radical (unpaired) electrons. The summed E-state index contributed by atoms with van der Waals surface area (Å²) < 4.78 is 44.4. The van der Waals surface area contributed by atoms with Gasteiger partial charge < -0.3 is 19.9 Å². The summed E-state index contributed by atoms with van der Waals surface area (Å²) in [6, 6.07) is 11.5. The molecule has 5 fully saturated rings. The van der Waals surface area contributed by atoms with Crippen molar-refractivity contribution in [3.05, 3.63) is 95.6 Å². The predicted octanol–water partition coefficient (Wildman–Crippen LogP) is 6.21. The van der Waals surface area contributed by atoms with Crippen LogP contribution in [0, 0.1) is 40.3 Å². The lowest BCUT2D eigenvalue weighted by Gasteiger charge is -2.67. The van der Waals surface area contributed by atoms with Gasteiger partial charge in [-0.05, 0) is 98.8 Å². The molecule has 1 saturated heterocycles. The number of aromatic nitrogens is 1. The van der Waals surface area contributed by atoms with Crippen molar-refractivity contribution in [1.29, 1.82) is 0 Å². The van der Waals surface area contributed by atoms with Gasteiger partial charge in [0.05, 0.1) is 24.0 Å². The van der Waals surface area contributed by atoms with Gasteiger partial charge in [0.25, 0.3) is 0 Å². The van der Waals surface area contributed by atoms with E-state index in [4.69, 9.17) is 9.47 Å². The number of carbonyl (C=O) groups is 4. The standard InChI is InChI=1S/C42H40F2N2O7/c1-22-14-32-31-8-7-26-16-27(47)10-12-39(26,2)41(31,44)34(48)18-40(32)21-53-42(22,40)35(49)20-52-38(51)24-5-3-4-23(15-24)29-17-30(29)37(50)46-33-9-6-25-19-45-13-11-28(25)36(33)43/h3-6,9-13,15-16,19,22,29-32,34,48H,7-8,14,17-18,20-21H2,1-2H3,(H,46,50)/t22-,29+,30-,31+,32+,34+,39+,40-,41+,42+/m1/s1. The lowest BCUT2D eigenvalue weighted by atomic mass is 9.43. The molecule has 274 valence electrons.